The summed E-state index contributed by atoms with van der Waals surface area (Å²) in [5.74, 6) is 0.408. The molecule has 1 N–H and O–H groups in total. The Hall–Kier alpha value is -1.73. The van der Waals surface area contributed by atoms with Crippen molar-refractivity contribution < 1.29 is 12.8 Å². The highest BCUT2D eigenvalue weighted by atomic mass is 32.2. The van der Waals surface area contributed by atoms with E-state index in [1.807, 2.05) is 12.3 Å². The summed E-state index contributed by atoms with van der Waals surface area (Å²) < 4.78 is 37.7. The molecule has 1 unspecified atom stereocenters. The quantitative estimate of drug-likeness (QED) is 0.790. The molecule has 1 aromatic carbocycles. The van der Waals surface area contributed by atoms with Crippen LogP contribution in [0.1, 0.15) is 18.5 Å². The fourth-order valence-electron chi connectivity index (χ4n) is 2.80. The average Bonchev–Trinajstić information content (AvgIpc) is 3.25. The first-order valence-electron chi connectivity index (χ1n) is 8.12. The Balaban J connectivity index is 1.54. The minimum absolute atomic E-state index is 0.0409. The molecule has 0 radical (unpaired) electrons. The van der Waals surface area contributed by atoms with Crippen molar-refractivity contribution in [3.05, 3.63) is 48.0 Å². The standard InChI is InChI=1S/C17H22FN3O2S/c1-24(22,23)12-17(13-2-3-13)19-10-8-15-9-11-21(20-15)16-6-4-14(18)5-7-16/h4-7,9,11,13,17,19H,2-3,8,10,12H2,1H3. The van der Waals surface area contributed by atoms with Gasteiger partial charge in [-0.05, 0) is 49.1 Å². The summed E-state index contributed by atoms with van der Waals surface area (Å²) in [4.78, 5) is 0. The van der Waals surface area contributed by atoms with Crippen LogP contribution in [-0.4, -0.2) is 42.8 Å². The first kappa shape index (κ1) is 17.1. The normalized spacial score (nSPS) is 16.2. The van der Waals surface area contributed by atoms with Crippen LogP contribution in [0, 0.1) is 11.7 Å². The number of aromatic nitrogens is 2. The Bertz CT molecular complexity index is 782. The minimum atomic E-state index is -2.97. The van der Waals surface area contributed by atoms with E-state index in [2.05, 4.69) is 10.4 Å². The molecule has 7 heteroatoms. The number of benzene rings is 1. The predicted molar refractivity (Wildman–Crippen MR) is 91.5 cm³/mol. The molecule has 1 saturated carbocycles. The van der Waals surface area contributed by atoms with Crippen LogP contribution in [0.2, 0.25) is 0 Å². The van der Waals surface area contributed by atoms with Crippen molar-refractivity contribution in [2.75, 3.05) is 18.6 Å². The molecule has 1 atom stereocenters. The van der Waals surface area contributed by atoms with Crippen LogP contribution in [0.4, 0.5) is 4.39 Å². The molecule has 1 heterocycles. The van der Waals surface area contributed by atoms with E-state index < -0.39 is 9.84 Å². The average molecular weight is 351 g/mol. The molecule has 5 nitrogen and oxygen atoms in total. The summed E-state index contributed by atoms with van der Waals surface area (Å²) in [6.45, 7) is 0.692. The van der Waals surface area contributed by atoms with Gasteiger partial charge in [0.05, 0.1) is 17.1 Å². The van der Waals surface area contributed by atoms with Gasteiger partial charge in [-0.3, -0.25) is 0 Å². The van der Waals surface area contributed by atoms with Gasteiger partial charge >= 0.3 is 0 Å². The molecule has 1 aliphatic rings. The molecule has 1 fully saturated rings. The molecule has 24 heavy (non-hydrogen) atoms. The van der Waals surface area contributed by atoms with Crippen LogP contribution in [0.5, 0.6) is 0 Å². The van der Waals surface area contributed by atoms with Crippen LogP contribution in [0.25, 0.3) is 5.69 Å². The van der Waals surface area contributed by atoms with Gasteiger partial charge in [0.25, 0.3) is 0 Å². The number of nitrogens with one attached hydrogen (secondary N) is 1. The number of halogens is 1. The summed E-state index contributed by atoms with van der Waals surface area (Å²) in [5.41, 5.74) is 1.73. The van der Waals surface area contributed by atoms with Gasteiger partial charge < -0.3 is 5.32 Å². The Morgan fingerprint density at radius 2 is 2.00 bits per heavy atom. The lowest BCUT2D eigenvalue weighted by molar-refractivity contribution is 0.492. The summed E-state index contributed by atoms with van der Waals surface area (Å²) in [6.07, 6.45) is 6.06. The summed E-state index contributed by atoms with van der Waals surface area (Å²) >= 11 is 0. The van der Waals surface area contributed by atoms with E-state index in [0.29, 0.717) is 12.5 Å². The van der Waals surface area contributed by atoms with Crippen molar-refractivity contribution in [1.82, 2.24) is 15.1 Å². The molecule has 0 amide bonds. The van der Waals surface area contributed by atoms with Gasteiger partial charge in [-0.25, -0.2) is 17.5 Å². The lowest BCUT2D eigenvalue weighted by Crippen LogP contribution is -2.38. The highest BCUT2D eigenvalue weighted by Crippen LogP contribution is 2.33. The Kier molecular flexibility index (Phi) is 5.01. The van der Waals surface area contributed by atoms with E-state index in [0.717, 1.165) is 30.6 Å². The van der Waals surface area contributed by atoms with Crippen molar-refractivity contribution in [1.29, 1.82) is 0 Å². The minimum Gasteiger partial charge on any atom is -0.312 e. The molecule has 0 saturated heterocycles. The molecule has 2 aromatic rings. The fraction of sp³-hybridized carbons (Fsp3) is 0.471. The highest BCUT2D eigenvalue weighted by Gasteiger charge is 2.32. The second-order valence-corrected chi connectivity index (χ2v) is 8.65. The van der Waals surface area contributed by atoms with E-state index in [9.17, 15) is 12.8 Å². The molecule has 0 bridgehead atoms. The topological polar surface area (TPSA) is 64.0 Å². The monoisotopic (exact) mass is 351 g/mol. The Morgan fingerprint density at radius 3 is 2.62 bits per heavy atom. The predicted octanol–water partition coefficient (Wildman–Crippen LogP) is 1.97. The highest BCUT2D eigenvalue weighted by molar-refractivity contribution is 7.90. The van der Waals surface area contributed by atoms with Gasteiger partial charge in [-0.15, -0.1) is 0 Å². The van der Waals surface area contributed by atoms with E-state index in [4.69, 9.17) is 0 Å². The van der Waals surface area contributed by atoms with E-state index >= 15 is 0 Å². The van der Waals surface area contributed by atoms with Gasteiger partial charge in [-0.1, -0.05) is 0 Å². The maximum atomic E-state index is 13.0. The molecule has 130 valence electrons. The number of hydrogen-bond acceptors (Lipinski definition) is 4. The molecular weight excluding hydrogens is 329 g/mol. The lowest BCUT2D eigenvalue weighted by atomic mass is 10.2. The number of rotatable bonds is 8. The second-order valence-electron chi connectivity index (χ2n) is 6.47. The fourth-order valence-corrected chi connectivity index (χ4v) is 3.85. The lowest BCUT2D eigenvalue weighted by Gasteiger charge is -2.16. The van der Waals surface area contributed by atoms with Gasteiger partial charge in [0.15, 0.2) is 0 Å². The number of hydrogen-bond donors (Lipinski definition) is 1. The summed E-state index contributed by atoms with van der Waals surface area (Å²) in [5, 5.41) is 7.84. The molecule has 0 aliphatic heterocycles. The summed E-state index contributed by atoms with van der Waals surface area (Å²) in [6, 6.07) is 8.14. The van der Waals surface area contributed by atoms with Crippen molar-refractivity contribution in [3.63, 3.8) is 0 Å². The zero-order chi connectivity index (χ0) is 17.2. The second kappa shape index (κ2) is 7.03. The van der Waals surface area contributed by atoms with E-state index in [1.165, 1.54) is 18.4 Å². The maximum absolute atomic E-state index is 13.0. The molecule has 1 aromatic heterocycles. The van der Waals surface area contributed by atoms with Crippen LogP contribution in [0.3, 0.4) is 0 Å². The van der Waals surface area contributed by atoms with Crippen molar-refractivity contribution in [3.8, 4) is 5.69 Å². The molecular formula is C17H22FN3O2S. The third-order valence-corrected chi connectivity index (χ3v) is 5.16. The first-order valence-corrected chi connectivity index (χ1v) is 10.2. The van der Waals surface area contributed by atoms with Gasteiger partial charge in [0.2, 0.25) is 0 Å². The zero-order valence-electron chi connectivity index (χ0n) is 13.7. The Morgan fingerprint density at radius 1 is 1.29 bits per heavy atom. The van der Waals surface area contributed by atoms with Crippen LogP contribution < -0.4 is 5.32 Å². The third kappa shape index (κ3) is 4.88. The van der Waals surface area contributed by atoms with Crippen LogP contribution in [-0.2, 0) is 16.3 Å². The van der Waals surface area contributed by atoms with Crippen molar-refractivity contribution in [2.24, 2.45) is 5.92 Å². The Labute approximate surface area is 141 Å². The van der Waals surface area contributed by atoms with Gasteiger partial charge in [-0.2, -0.15) is 5.10 Å². The van der Waals surface area contributed by atoms with Crippen LogP contribution in [0.15, 0.2) is 36.5 Å². The van der Waals surface area contributed by atoms with Crippen molar-refractivity contribution in [2.45, 2.75) is 25.3 Å². The summed E-state index contributed by atoms with van der Waals surface area (Å²) in [7, 11) is -2.97. The van der Waals surface area contributed by atoms with Crippen LogP contribution >= 0.6 is 0 Å². The van der Waals surface area contributed by atoms with Gasteiger partial charge in [0.1, 0.15) is 15.7 Å². The number of nitrogens with zero attached hydrogens (tertiary/aromatic N) is 2. The first-order chi connectivity index (χ1) is 11.4. The smallest absolute Gasteiger partial charge is 0.148 e. The molecule has 1 aliphatic carbocycles. The van der Waals surface area contributed by atoms with Crippen molar-refractivity contribution >= 4 is 9.84 Å². The maximum Gasteiger partial charge on any atom is 0.148 e. The number of sulfone groups is 1. The molecule has 3 rings (SSSR count). The third-order valence-electron chi connectivity index (χ3n) is 4.20. The van der Waals surface area contributed by atoms with E-state index in [-0.39, 0.29) is 17.6 Å². The van der Waals surface area contributed by atoms with E-state index in [1.54, 1.807) is 16.8 Å². The van der Waals surface area contributed by atoms with Gasteiger partial charge in [0, 0.05) is 31.5 Å². The SMILES string of the molecule is CS(=O)(=O)CC(NCCc1ccn(-c2ccc(F)cc2)n1)C1CC1. The zero-order valence-corrected chi connectivity index (χ0v) is 14.5. The molecule has 0 spiro atoms. The largest absolute Gasteiger partial charge is 0.312 e.